The molecule has 1 aliphatic carbocycles. The standard InChI is InChI=1S/C19H30N2O3S2/c1-15-10-11-18(25-15)26(23,24)21-12-6-9-17(14-21)19(22)20(2)13-16-7-4-3-5-8-16/h10-11,16-17H,3-9,12-14H2,1-2H3. The summed E-state index contributed by atoms with van der Waals surface area (Å²) in [5.74, 6) is 0.501. The van der Waals surface area contributed by atoms with Gasteiger partial charge in [0.15, 0.2) is 0 Å². The zero-order valence-electron chi connectivity index (χ0n) is 15.8. The van der Waals surface area contributed by atoms with Gasteiger partial charge in [-0.1, -0.05) is 19.3 Å². The van der Waals surface area contributed by atoms with Gasteiger partial charge in [-0.25, -0.2) is 8.42 Å². The van der Waals surface area contributed by atoms with Crippen LogP contribution in [0.4, 0.5) is 0 Å². The van der Waals surface area contributed by atoms with Gasteiger partial charge >= 0.3 is 0 Å². The fourth-order valence-corrected chi connectivity index (χ4v) is 7.16. The van der Waals surface area contributed by atoms with Gasteiger partial charge in [0.25, 0.3) is 10.0 Å². The van der Waals surface area contributed by atoms with Crippen molar-refractivity contribution in [1.82, 2.24) is 9.21 Å². The first kappa shape index (κ1) is 19.8. The average molecular weight is 399 g/mol. The van der Waals surface area contributed by atoms with E-state index >= 15 is 0 Å². The lowest BCUT2D eigenvalue weighted by Crippen LogP contribution is -2.46. The van der Waals surface area contributed by atoms with Crippen LogP contribution < -0.4 is 0 Å². The molecule has 0 N–H and O–H groups in total. The van der Waals surface area contributed by atoms with Gasteiger partial charge in [-0.3, -0.25) is 4.79 Å². The van der Waals surface area contributed by atoms with Crippen molar-refractivity contribution in [3.8, 4) is 0 Å². The first-order valence-electron chi connectivity index (χ1n) is 9.69. The molecule has 0 radical (unpaired) electrons. The third-order valence-corrected chi connectivity index (χ3v) is 9.01. The summed E-state index contributed by atoms with van der Waals surface area (Å²) >= 11 is 1.30. The highest BCUT2D eigenvalue weighted by Gasteiger charge is 2.35. The van der Waals surface area contributed by atoms with E-state index in [4.69, 9.17) is 0 Å². The molecule has 1 unspecified atom stereocenters. The Labute approximate surface area is 161 Å². The fourth-order valence-electron chi connectivity index (χ4n) is 4.20. The van der Waals surface area contributed by atoms with Crippen LogP contribution >= 0.6 is 11.3 Å². The van der Waals surface area contributed by atoms with Crippen molar-refractivity contribution in [1.29, 1.82) is 0 Å². The molecule has 1 amide bonds. The Morgan fingerprint density at radius 3 is 2.58 bits per heavy atom. The molecule has 1 atom stereocenters. The average Bonchev–Trinajstić information content (AvgIpc) is 3.09. The molecule has 1 aromatic rings. The number of carbonyl (C=O) groups is 1. The SMILES string of the molecule is Cc1ccc(S(=O)(=O)N2CCCC(C(=O)N(C)CC3CCCCC3)C2)s1. The van der Waals surface area contributed by atoms with Gasteiger partial charge < -0.3 is 4.90 Å². The Kier molecular flexibility index (Phi) is 6.41. The van der Waals surface area contributed by atoms with Crippen LogP contribution in [0.3, 0.4) is 0 Å². The van der Waals surface area contributed by atoms with Gasteiger partial charge in [0, 0.05) is 31.6 Å². The minimum absolute atomic E-state index is 0.109. The number of hydrogen-bond acceptors (Lipinski definition) is 4. The summed E-state index contributed by atoms with van der Waals surface area (Å²) in [5, 5.41) is 0. The van der Waals surface area contributed by atoms with Gasteiger partial charge in [-0.05, 0) is 50.7 Å². The molecule has 0 bridgehead atoms. The Morgan fingerprint density at radius 2 is 1.92 bits per heavy atom. The lowest BCUT2D eigenvalue weighted by Gasteiger charge is -2.34. The van der Waals surface area contributed by atoms with E-state index in [-0.39, 0.29) is 11.8 Å². The van der Waals surface area contributed by atoms with E-state index in [0.717, 1.165) is 24.3 Å². The number of amides is 1. The largest absolute Gasteiger partial charge is 0.345 e. The molecule has 2 fully saturated rings. The van der Waals surface area contributed by atoms with Crippen molar-refractivity contribution in [2.45, 2.75) is 56.1 Å². The predicted octanol–water partition coefficient (Wildman–Crippen LogP) is 3.50. The number of piperidine rings is 1. The number of thiophene rings is 1. The second-order valence-electron chi connectivity index (χ2n) is 7.79. The van der Waals surface area contributed by atoms with Crippen molar-refractivity contribution in [2.24, 2.45) is 11.8 Å². The Hall–Kier alpha value is -0.920. The van der Waals surface area contributed by atoms with Gasteiger partial charge in [0.05, 0.1) is 5.92 Å². The topological polar surface area (TPSA) is 57.7 Å². The third kappa shape index (κ3) is 4.49. The van der Waals surface area contributed by atoms with Crippen molar-refractivity contribution < 1.29 is 13.2 Å². The highest BCUT2D eigenvalue weighted by Crippen LogP contribution is 2.29. The molecule has 1 saturated carbocycles. The quantitative estimate of drug-likeness (QED) is 0.763. The van der Waals surface area contributed by atoms with E-state index in [0.29, 0.717) is 23.2 Å². The second kappa shape index (κ2) is 8.40. The van der Waals surface area contributed by atoms with Crippen molar-refractivity contribution >= 4 is 27.3 Å². The number of sulfonamides is 1. The molecular formula is C19H30N2O3S2. The molecule has 1 saturated heterocycles. The molecule has 1 aliphatic heterocycles. The summed E-state index contributed by atoms with van der Waals surface area (Å²) in [7, 11) is -1.60. The van der Waals surface area contributed by atoms with Gasteiger partial charge in [0.2, 0.25) is 5.91 Å². The van der Waals surface area contributed by atoms with E-state index in [9.17, 15) is 13.2 Å². The maximum Gasteiger partial charge on any atom is 0.252 e. The lowest BCUT2D eigenvalue weighted by atomic mass is 9.88. The summed E-state index contributed by atoms with van der Waals surface area (Å²) < 4.78 is 27.6. The van der Waals surface area contributed by atoms with Crippen LogP contribution in [0, 0.1) is 18.8 Å². The molecular weight excluding hydrogens is 368 g/mol. The molecule has 3 rings (SSSR count). The van der Waals surface area contributed by atoms with Crippen LogP contribution in [-0.2, 0) is 14.8 Å². The lowest BCUT2D eigenvalue weighted by molar-refractivity contribution is -0.136. The summed E-state index contributed by atoms with van der Waals surface area (Å²) in [6, 6.07) is 3.51. The summed E-state index contributed by atoms with van der Waals surface area (Å²) in [6.07, 6.45) is 7.79. The molecule has 26 heavy (non-hydrogen) atoms. The van der Waals surface area contributed by atoms with Gasteiger partial charge in [-0.2, -0.15) is 4.31 Å². The molecule has 1 aromatic heterocycles. The summed E-state index contributed by atoms with van der Waals surface area (Å²) in [5.41, 5.74) is 0. The predicted molar refractivity (Wildman–Crippen MR) is 105 cm³/mol. The van der Waals surface area contributed by atoms with Crippen LogP contribution in [-0.4, -0.2) is 50.2 Å². The molecule has 5 nitrogen and oxygen atoms in total. The zero-order chi connectivity index (χ0) is 18.7. The van der Waals surface area contributed by atoms with Crippen molar-refractivity contribution in [3.05, 3.63) is 17.0 Å². The van der Waals surface area contributed by atoms with Crippen LogP contribution in [0.25, 0.3) is 0 Å². The number of aryl methyl sites for hydroxylation is 1. The molecule has 7 heteroatoms. The first-order valence-corrected chi connectivity index (χ1v) is 11.9. The second-order valence-corrected chi connectivity index (χ2v) is 11.2. The molecule has 0 spiro atoms. The van der Waals surface area contributed by atoms with Crippen LogP contribution in [0.15, 0.2) is 16.3 Å². The number of hydrogen-bond donors (Lipinski definition) is 0. The van der Waals surface area contributed by atoms with E-state index in [1.807, 2.05) is 24.9 Å². The summed E-state index contributed by atoms with van der Waals surface area (Å²) in [4.78, 5) is 15.7. The third-order valence-electron chi connectivity index (χ3n) is 5.68. The van der Waals surface area contributed by atoms with E-state index < -0.39 is 10.0 Å². The van der Waals surface area contributed by atoms with Crippen molar-refractivity contribution in [3.63, 3.8) is 0 Å². The maximum atomic E-state index is 12.9. The van der Waals surface area contributed by atoms with Gasteiger partial charge in [0.1, 0.15) is 4.21 Å². The van der Waals surface area contributed by atoms with Crippen molar-refractivity contribution in [2.75, 3.05) is 26.7 Å². The summed E-state index contributed by atoms with van der Waals surface area (Å²) in [6.45, 7) is 3.54. The number of nitrogens with zero attached hydrogens (tertiary/aromatic N) is 2. The number of carbonyl (C=O) groups excluding carboxylic acids is 1. The minimum atomic E-state index is -3.48. The molecule has 0 aromatic carbocycles. The molecule has 2 aliphatic rings. The highest BCUT2D eigenvalue weighted by atomic mass is 32.2. The van der Waals surface area contributed by atoms with E-state index in [1.54, 1.807) is 6.07 Å². The molecule has 146 valence electrons. The first-order chi connectivity index (χ1) is 12.4. The monoisotopic (exact) mass is 398 g/mol. The highest BCUT2D eigenvalue weighted by molar-refractivity contribution is 7.91. The Balaban J connectivity index is 1.63. The van der Waals surface area contributed by atoms with Crippen LogP contribution in [0.2, 0.25) is 0 Å². The molecule has 2 heterocycles. The Bertz CT molecular complexity index is 723. The van der Waals surface area contributed by atoms with E-state index in [2.05, 4.69) is 0 Å². The number of rotatable bonds is 5. The van der Waals surface area contributed by atoms with Crippen LogP contribution in [0.5, 0.6) is 0 Å². The van der Waals surface area contributed by atoms with Crippen LogP contribution in [0.1, 0.15) is 49.8 Å². The maximum absolute atomic E-state index is 12.9. The zero-order valence-corrected chi connectivity index (χ0v) is 17.4. The van der Waals surface area contributed by atoms with Gasteiger partial charge in [-0.15, -0.1) is 11.3 Å². The van der Waals surface area contributed by atoms with E-state index in [1.165, 1.54) is 47.7 Å². The Morgan fingerprint density at radius 1 is 1.19 bits per heavy atom. The minimum Gasteiger partial charge on any atom is -0.345 e. The normalized spacial score (nSPS) is 23.1. The fraction of sp³-hybridized carbons (Fsp3) is 0.737. The smallest absolute Gasteiger partial charge is 0.252 e.